The first kappa shape index (κ1) is 16.0. The Morgan fingerprint density at radius 1 is 1.30 bits per heavy atom. The summed E-state index contributed by atoms with van der Waals surface area (Å²) in [6, 6.07) is 7.62. The van der Waals surface area contributed by atoms with Crippen molar-refractivity contribution < 1.29 is 9.53 Å². The van der Waals surface area contributed by atoms with Crippen LogP contribution in [-0.2, 0) is 6.61 Å². The van der Waals surface area contributed by atoms with Crippen molar-refractivity contribution in [2.45, 2.75) is 45.3 Å². The SMILES string of the molecule is C[C@@H]1CCCC[C@@H]1NC(=O)c1ccc(OCc2cscn2)cc1. The second-order valence-electron chi connectivity index (χ2n) is 6.13. The molecule has 23 heavy (non-hydrogen) atoms. The van der Waals surface area contributed by atoms with E-state index in [2.05, 4.69) is 17.2 Å². The Hall–Kier alpha value is -1.88. The van der Waals surface area contributed by atoms with Gasteiger partial charge in [-0.05, 0) is 43.0 Å². The van der Waals surface area contributed by atoms with E-state index < -0.39 is 0 Å². The summed E-state index contributed by atoms with van der Waals surface area (Å²) < 4.78 is 5.66. The minimum atomic E-state index is 0.00908. The van der Waals surface area contributed by atoms with Crippen LogP contribution in [0, 0.1) is 5.92 Å². The summed E-state index contributed by atoms with van der Waals surface area (Å²) in [5.41, 5.74) is 3.39. The van der Waals surface area contributed by atoms with Crippen molar-refractivity contribution in [1.82, 2.24) is 10.3 Å². The Bertz CT molecular complexity index is 625. The Morgan fingerprint density at radius 3 is 2.78 bits per heavy atom. The number of aromatic nitrogens is 1. The quantitative estimate of drug-likeness (QED) is 0.900. The first-order valence-electron chi connectivity index (χ1n) is 8.13. The van der Waals surface area contributed by atoms with E-state index in [1.807, 2.05) is 29.6 Å². The van der Waals surface area contributed by atoms with Gasteiger partial charge in [-0.3, -0.25) is 4.79 Å². The maximum atomic E-state index is 12.4. The van der Waals surface area contributed by atoms with Gasteiger partial charge in [-0.25, -0.2) is 4.98 Å². The molecule has 1 saturated carbocycles. The number of rotatable bonds is 5. The molecule has 1 heterocycles. The van der Waals surface area contributed by atoms with Crippen LogP contribution in [0.15, 0.2) is 35.2 Å². The Labute approximate surface area is 140 Å². The average molecular weight is 330 g/mol. The van der Waals surface area contributed by atoms with Gasteiger partial charge in [0.2, 0.25) is 0 Å². The monoisotopic (exact) mass is 330 g/mol. The van der Waals surface area contributed by atoms with Crippen molar-refractivity contribution in [2.24, 2.45) is 5.92 Å². The number of ether oxygens (including phenoxy) is 1. The molecule has 122 valence electrons. The topological polar surface area (TPSA) is 51.2 Å². The molecule has 1 fully saturated rings. The highest BCUT2D eigenvalue weighted by molar-refractivity contribution is 7.07. The van der Waals surface area contributed by atoms with E-state index in [1.54, 1.807) is 16.8 Å². The molecule has 1 aromatic carbocycles. The lowest BCUT2D eigenvalue weighted by Crippen LogP contribution is -2.41. The van der Waals surface area contributed by atoms with Crippen LogP contribution in [0.5, 0.6) is 5.75 Å². The van der Waals surface area contributed by atoms with Crippen LogP contribution in [0.2, 0.25) is 0 Å². The van der Waals surface area contributed by atoms with E-state index in [-0.39, 0.29) is 5.91 Å². The van der Waals surface area contributed by atoms with Crippen LogP contribution >= 0.6 is 11.3 Å². The maximum Gasteiger partial charge on any atom is 0.251 e. The van der Waals surface area contributed by atoms with Crippen LogP contribution in [-0.4, -0.2) is 16.9 Å². The summed E-state index contributed by atoms with van der Waals surface area (Å²) in [5, 5.41) is 5.14. The molecular formula is C18H22N2O2S. The van der Waals surface area contributed by atoms with E-state index in [9.17, 15) is 4.79 Å². The number of carbonyl (C=O) groups excluding carboxylic acids is 1. The first-order valence-corrected chi connectivity index (χ1v) is 9.07. The third-order valence-corrected chi connectivity index (χ3v) is 5.05. The minimum absolute atomic E-state index is 0.00908. The van der Waals surface area contributed by atoms with Crippen molar-refractivity contribution in [3.8, 4) is 5.75 Å². The molecule has 0 unspecified atom stereocenters. The van der Waals surface area contributed by atoms with E-state index in [1.165, 1.54) is 19.3 Å². The highest BCUT2D eigenvalue weighted by Gasteiger charge is 2.23. The van der Waals surface area contributed by atoms with E-state index in [0.717, 1.165) is 17.9 Å². The number of benzene rings is 1. The molecule has 5 heteroatoms. The zero-order valence-electron chi connectivity index (χ0n) is 13.3. The lowest BCUT2D eigenvalue weighted by molar-refractivity contribution is 0.0910. The lowest BCUT2D eigenvalue weighted by atomic mass is 9.86. The van der Waals surface area contributed by atoms with Gasteiger partial charge in [0.15, 0.2) is 0 Å². The molecule has 2 aromatic rings. The van der Waals surface area contributed by atoms with Gasteiger partial charge in [-0.2, -0.15) is 0 Å². The predicted octanol–water partition coefficient (Wildman–Crippen LogP) is 4.03. The second kappa shape index (κ2) is 7.59. The fourth-order valence-electron chi connectivity index (χ4n) is 2.95. The van der Waals surface area contributed by atoms with Gasteiger partial charge in [0.1, 0.15) is 12.4 Å². The summed E-state index contributed by atoms with van der Waals surface area (Å²) in [6.07, 6.45) is 4.77. The Kier molecular flexibility index (Phi) is 5.28. The number of thiazole rings is 1. The summed E-state index contributed by atoms with van der Waals surface area (Å²) in [5.74, 6) is 1.32. The highest BCUT2D eigenvalue weighted by atomic mass is 32.1. The summed E-state index contributed by atoms with van der Waals surface area (Å²) in [7, 11) is 0. The van der Waals surface area contributed by atoms with Gasteiger partial charge in [-0.1, -0.05) is 19.8 Å². The Balaban J connectivity index is 1.54. The zero-order chi connectivity index (χ0) is 16.1. The molecule has 0 aliphatic heterocycles. The molecule has 1 N–H and O–H groups in total. The molecule has 0 saturated heterocycles. The normalized spacial score (nSPS) is 20.9. The van der Waals surface area contributed by atoms with Gasteiger partial charge in [0.05, 0.1) is 11.2 Å². The van der Waals surface area contributed by atoms with Gasteiger partial charge in [0, 0.05) is 17.0 Å². The predicted molar refractivity (Wildman–Crippen MR) is 91.8 cm³/mol. The number of nitrogens with one attached hydrogen (secondary N) is 1. The fraction of sp³-hybridized carbons (Fsp3) is 0.444. The van der Waals surface area contributed by atoms with Crippen molar-refractivity contribution >= 4 is 17.2 Å². The number of hydrogen-bond acceptors (Lipinski definition) is 4. The van der Waals surface area contributed by atoms with Gasteiger partial charge < -0.3 is 10.1 Å². The maximum absolute atomic E-state index is 12.4. The van der Waals surface area contributed by atoms with Crippen molar-refractivity contribution in [3.63, 3.8) is 0 Å². The van der Waals surface area contributed by atoms with Gasteiger partial charge in [0.25, 0.3) is 5.91 Å². The molecule has 2 atom stereocenters. The zero-order valence-corrected chi connectivity index (χ0v) is 14.1. The lowest BCUT2D eigenvalue weighted by Gasteiger charge is -2.29. The second-order valence-corrected chi connectivity index (χ2v) is 6.85. The number of nitrogens with zero attached hydrogens (tertiary/aromatic N) is 1. The molecule has 3 rings (SSSR count). The highest BCUT2D eigenvalue weighted by Crippen LogP contribution is 2.24. The standard InChI is InChI=1S/C18H22N2O2S/c1-13-4-2-3-5-17(13)20-18(21)14-6-8-16(9-7-14)22-10-15-11-23-12-19-15/h6-9,11-13,17H,2-5,10H2,1H3,(H,20,21)/t13-,17+/m1/s1. The van der Waals surface area contributed by atoms with Crippen molar-refractivity contribution in [3.05, 3.63) is 46.4 Å². The van der Waals surface area contributed by atoms with Gasteiger partial charge >= 0.3 is 0 Å². The average Bonchev–Trinajstić information content (AvgIpc) is 3.09. The first-order chi connectivity index (χ1) is 11.2. The molecule has 1 aromatic heterocycles. The van der Waals surface area contributed by atoms with Crippen LogP contribution in [0.3, 0.4) is 0 Å². The van der Waals surface area contributed by atoms with E-state index in [0.29, 0.717) is 24.1 Å². The molecule has 0 radical (unpaired) electrons. The smallest absolute Gasteiger partial charge is 0.251 e. The third kappa shape index (κ3) is 4.32. The van der Waals surface area contributed by atoms with Crippen LogP contribution in [0.25, 0.3) is 0 Å². The molecule has 4 nitrogen and oxygen atoms in total. The van der Waals surface area contributed by atoms with E-state index >= 15 is 0 Å². The molecule has 0 spiro atoms. The number of amides is 1. The molecule has 1 amide bonds. The third-order valence-electron chi connectivity index (χ3n) is 4.41. The summed E-state index contributed by atoms with van der Waals surface area (Å²) in [4.78, 5) is 16.5. The minimum Gasteiger partial charge on any atom is -0.487 e. The fourth-order valence-corrected chi connectivity index (χ4v) is 3.49. The largest absolute Gasteiger partial charge is 0.487 e. The van der Waals surface area contributed by atoms with Crippen molar-refractivity contribution in [1.29, 1.82) is 0 Å². The van der Waals surface area contributed by atoms with Crippen LogP contribution in [0.4, 0.5) is 0 Å². The van der Waals surface area contributed by atoms with Crippen LogP contribution < -0.4 is 10.1 Å². The summed E-state index contributed by atoms with van der Waals surface area (Å²) in [6.45, 7) is 2.67. The number of carbonyl (C=O) groups is 1. The van der Waals surface area contributed by atoms with E-state index in [4.69, 9.17) is 4.74 Å². The molecular weight excluding hydrogens is 308 g/mol. The molecule has 0 bridgehead atoms. The summed E-state index contributed by atoms with van der Waals surface area (Å²) >= 11 is 1.55. The molecule has 1 aliphatic rings. The number of hydrogen-bond donors (Lipinski definition) is 1. The van der Waals surface area contributed by atoms with Crippen LogP contribution in [0.1, 0.15) is 48.7 Å². The molecule has 1 aliphatic carbocycles. The Morgan fingerprint density at radius 2 is 2.09 bits per heavy atom. The van der Waals surface area contributed by atoms with Crippen molar-refractivity contribution in [2.75, 3.05) is 0 Å². The van der Waals surface area contributed by atoms with Gasteiger partial charge in [-0.15, -0.1) is 11.3 Å².